The Morgan fingerprint density at radius 1 is 1.20 bits per heavy atom. The fourth-order valence-electron chi connectivity index (χ4n) is 2.01. The van der Waals surface area contributed by atoms with Crippen molar-refractivity contribution in [3.8, 4) is 22.9 Å². The molecule has 3 heterocycles. The lowest BCUT2D eigenvalue weighted by Crippen LogP contribution is -1.96. The Balaban J connectivity index is 1.61. The molecule has 0 fully saturated rings. The topological polar surface area (TPSA) is 75.2 Å². The molecular formula is C13H10N4O3. The number of rotatable bonds is 3. The highest BCUT2D eigenvalue weighted by atomic mass is 16.7. The maximum atomic E-state index is 5.33. The van der Waals surface area contributed by atoms with E-state index >= 15 is 0 Å². The Labute approximate surface area is 113 Å². The molecule has 0 N–H and O–H groups in total. The second kappa shape index (κ2) is 4.37. The van der Waals surface area contributed by atoms with Crippen LogP contribution in [0.2, 0.25) is 0 Å². The molecule has 0 atom stereocenters. The van der Waals surface area contributed by atoms with Gasteiger partial charge in [0.2, 0.25) is 18.5 Å². The number of nitrogens with zero attached hydrogens (tertiary/aromatic N) is 4. The monoisotopic (exact) mass is 270 g/mol. The van der Waals surface area contributed by atoms with Crippen LogP contribution in [0.5, 0.6) is 11.5 Å². The molecule has 4 rings (SSSR count). The van der Waals surface area contributed by atoms with Gasteiger partial charge in [-0.15, -0.1) is 0 Å². The van der Waals surface area contributed by atoms with Crippen molar-refractivity contribution in [1.82, 2.24) is 19.7 Å². The van der Waals surface area contributed by atoms with Gasteiger partial charge in [-0.2, -0.15) is 4.98 Å². The molecule has 3 aromatic rings. The van der Waals surface area contributed by atoms with E-state index in [4.69, 9.17) is 14.0 Å². The van der Waals surface area contributed by atoms with Crippen molar-refractivity contribution < 1.29 is 14.0 Å². The van der Waals surface area contributed by atoms with Crippen LogP contribution in [0.3, 0.4) is 0 Å². The molecule has 2 aromatic heterocycles. The third kappa shape index (κ3) is 1.89. The number of hydrogen-bond donors (Lipinski definition) is 0. The predicted octanol–water partition coefficient (Wildman–Crippen LogP) is 1.71. The largest absolute Gasteiger partial charge is 0.454 e. The molecule has 0 aliphatic carbocycles. The molecule has 0 radical (unpaired) electrons. The molecule has 20 heavy (non-hydrogen) atoms. The van der Waals surface area contributed by atoms with Gasteiger partial charge in [-0.1, -0.05) is 5.16 Å². The van der Waals surface area contributed by atoms with E-state index in [1.165, 1.54) is 0 Å². The Kier molecular flexibility index (Phi) is 2.41. The number of fused-ring (bicyclic) bond motifs is 1. The van der Waals surface area contributed by atoms with Crippen molar-refractivity contribution >= 4 is 0 Å². The van der Waals surface area contributed by atoms with Gasteiger partial charge in [0.05, 0.1) is 6.33 Å². The highest BCUT2D eigenvalue weighted by Gasteiger charge is 2.16. The summed E-state index contributed by atoms with van der Waals surface area (Å²) in [7, 11) is 0. The number of imidazole rings is 1. The Bertz CT molecular complexity index is 736. The first-order valence-corrected chi connectivity index (χ1v) is 6.07. The third-order valence-corrected chi connectivity index (χ3v) is 2.98. The second-order valence-corrected chi connectivity index (χ2v) is 4.31. The van der Waals surface area contributed by atoms with Crippen LogP contribution in [0.4, 0.5) is 0 Å². The lowest BCUT2D eigenvalue weighted by molar-refractivity contribution is 0.174. The van der Waals surface area contributed by atoms with Crippen LogP contribution in [-0.4, -0.2) is 26.5 Å². The van der Waals surface area contributed by atoms with Gasteiger partial charge in [0.25, 0.3) is 0 Å². The smallest absolute Gasteiger partial charge is 0.246 e. The summed E-state index contributed by atoms with van der Waals surface area (Å²) in [5, 5.41) is 3.98. The van der Waals surface area contributed by atoms with Crippen LogP contribution >= 0.6 is 0 Å². The minimum atomic E-state index is 0.247. The van der Waals surface area contributed by atoms with Crippen molar-refractivity contribution in [3.05, 3.63) is 42.8 Å². The lowest BCUT2D eigenvalue weighted by Gasteiger charge is -1.97. The fraction of sp³-hybridized carbons (Fsp3) is 0.154. The summed E-state index contributed by atoms with van der Waals surface area (Å²) >= 11 is 0. The van der Waals surface area contributed by atoms with Crippen LogP contribution in [0.1, 0.15) is 5.89 Å². The van der Waals surface area contributed by atoms with Gasteiger partial charge in [0.15, 0.2) is 11.5 Å². The first-order valence-electron chi connectivity index (χ1n) is 6.07. The summed E-state index contributed by atoms with van der Waals surface area (Å²) in [6.07, 6.45) is 5.24. The fourth-order valence-corrected chi connectivity index (χ4v) is 2.01. The molecule has 0 saturated heterocycles. The maximum absolute atomic E-state index is 5.33. The minimum absolute atomic E-state index is 0.247. The average molecular weight is 270 g/mol. The molecule has 7 nitrogen and oxygen atoms in total. The first kappa shape index (κ1) is 11.0. The number of hydrogen-bond acceptors (Lipinski definition) is 6. The molecule has 1 aliphatic heterocycles. The van der Waals surface area contributed by atoms with Gasteiger partial charge in [-0.05, 0) is 18.2 Å². The predicted molar refractivity (Wildman–Crippen MR) is 67.2 cm³/mol. The van der Waals surface area contributed by atoms with Crippen LogP contribution in [0, 0.1) is 0 Å². The van der Waals surface area contributed by atoms with E-state index < -0.39 is 0 Å². The third-order valence-electron chi connectivity index (χ3n) is 2.98. The summed E-state index contributed by atoms with van der Waals surface area (Å²) in [5.74, 6) is 2.48. The molecule has 1 aromatic carbocycles. The van der Waals surface area contributed by atoms with Crippen molar-refractivity contribution in [2.45, 2.75) is 6.54 Å². The molecule has 100 valence electrons. The molecule has 0 amide bonds. The molecule has 0 bridgehead atoms. The molecule has 0 spiro atoms. The number of aromatic nitrogens is 4. The van der Waals surface area contributed by atoms with E-state index in [1.807, 2.05) is 29.0 Å². The zero-order chi connectivity index (χ0) is 13.4. The zero-order valence-corrected chi connectivity index (χ0v) is 10.4. The molecule has 0 unspecified atom stereocenters. The molecular weight excluding hydrogens is 260 g/mol. The average Bonchev–Trinajstić information content (AvgIpc) is 3.19. The van der Waals surface area contributed by atoms with Gasteiger partial charge >= 0.3 is 0 Å². The van der Waals surface area contributed by atoms with Crippen LogP contribution in [0.25, 0.3) is 11.4 Å². The molecule has 7 heteroatoms. The first-order chi connectivity index (χ1) is 9.88. The quantitative estimate of drug-likeness (QED) is 0.721. The summed E-state index contributed by atoms with van der Waals surface area (Å²) in [6.45, 7) is 0.745. The van der Waals surface area contributed by atoms with E-state index in [0.717, 1.165) is 11.3 Å². The summed E-state index contributed by atoms with van der Waals surface area (Å²) < 4.78 is 17.7. The Hall–Kier alpha value is -2.83. The van der Waals surface area contributed by atoms with Gasteiger partial charge in [0.1, 0.15) is 6.54 Å². The second-order valence-electron chi connectivity index (χ2n) is 4.31. The van der Waals surface area contributed by atoms with Crippen molar-refractivity contribution in [1.29, 1.82) is 0 Å². The van der Waals surface area contributed by atoms with Gasteiger partial charge in [-0.25, -0.2) is 4.98 Å². The van der Waals surface area contributed by atoms with Gasteiger partial charge in [0, 0.05) is 18.0 Å². The highest BCUT2D eigenvalue weighted by molar-refractivity contribution is 5.61. The van der Waals surface area contributed by atoms with E-state index in [0.29, 0.717) is 24.0 Å². The van der Waals surface area contributed by atoms with Crippen molar-refractivity contribution in [2.75, 3.05) is 6.79 Å². The number of benzene rings is 1. The van der Waals surface area contributed by atoms with E-state index in [2.05, 4.69) is 15.1 Å². The van der Waals surface area contributed by atoms with Crippen LogP contribution < -0.4 is 9.47 Å². The van der Waals surface area contributed by atoms with E-state index in [1.54, 1.807) is 12.5 Å². The SMILES string of the molecule is c1cn(Cc2nc(-c3ccc4c(c3)OCO4)no2)cn1. The Morgan fingerprint density at radius 3 is 3.05 bits per heavy atom. The lowest BCUT2D eigenvalue weighted by atomic mass is 10.2. The normalized spacial score (nSPS) is 12.8. The van der Waals surface area contributed by atoms with Gasteiger partial charge < -0.3 is 18.6 Å². The van der Waals surface area contributed by atoms with Crippen molar-refractivity contribution in [2.24, 2.45) is 0 Å². The number of ether oxygens (including phenoxy) is 2. The van der Waals surface area contributed by atoms with Crippen LogP contribution in [-0.2, 0) is 6.54 Å². The summed E-state index contributed by atoms with van der Waals surface area (Å²) in [4.78, 5) is 8.32. The molecule has 1 aliphatic rings. The zero-order valence-electron chi connectivity index (χ0n) is 10.4. The molecule has 0 saturated carbocycles. The standard InChI is InChI=1S/C13H10N4O3/c1-2-10-11(19-8-18-10)5-9(1)13-15-12(20-16-13)6-17-4-3-14-7-17/h1-5,7H,6,8H2. The highest BCUT2D eigenvalue weighted by Crippen LogP contribution is 2.35. The van der Waals surface area contributed by atoms with E-state index in [-0.39, 0.29) is 6.79 Å². The maximum Gasteiger partial charge on any atom is 0.246 e. The van der Waals surface area contributed by atoms with Crippen LogP contribution in [0.15, 0.2) is 41.4 Å². The van der Waals surface area contributed by atoms with Gasteiger partial charge in [-0.3, -0.25) is 0 Å². The van der Waals surface area contributed by atoms with E-state index in [9.17, 15) is 0 Å². The summed E-state index contributed by atoms with van der Waals surface area (Å²) in [5.41, 5.74) is 0.829. The Morgan fingerprint density at radius 2 is 2.15 bits per heavy atom. The van der Waals surface area contributed by atoms with Crippen molar-refractivity contribution in [3.63, 3.8) is 0 Å². The summed E-state index contributed by atoms with van der Waals surface area (Å²) in [6, 6.07) is 5.55. The minimum Gasteiger partial charge on any atom is -0.454 e.